The number of fused-ring (bicyclic) bond motifs is 1. The highest BCUT2D eigenvalue weighted by Crippen LogP contribution is 2.27. The lowest BCUT2D eigenvalue weighted by molar-refractivity contribution is 0.558. The van der Waals surface area contributed by atoms with E-state index in [1.807, 2.05) is 30.5 Å². The van der Waals surface area contributed by atoms with Gasteiger partial charge in [-0.05, 0) is 48.4 Å². The summed E-state index contributed by atoms with van der Waals surface area (Å²) in [7, 11) is 0. The molecule has 1 unspecified atom stereocenters. The summed E-state index contributed by atoms with van der Waals surface area (Å²) in [6.07, 6.45) is 2.48. The summed E-state index contributed by atoms with van der Waals surface area (Å²) in [5, 5.41) is 1.09. The van der Waals surface area contributed by atoms with Crippen LogP contribution in [-0.4, -0.2) is 11.5 Å². The third-order valence-electron chi connectivity index (χ3n) is 3.82. The standard InChI is InChI=1S/C17H16F2N2/c18-13-5-6-16(19)15(8-13)11(9-20)7-12-10-21-17-4-2-1-3-14(12)17/h1-6,8,10-11,21H,7,9,20H2. The number of hydrogen-bond acceptors (Lipinski definition) is 1. The van der Waals surface area contributed by atoms with Crippen molar-refractivity contribution in [3.8, 4) is 0 Å². The first-order valence-electron chi connectivity index (χ1n) is 6.89. The molecule has 3 N–H and O–H groups in total. The van der Waals surface area contributed by atoms with Crippen LogP contribution in [0, 0.1) is 11.6 Å². The molecular weight excluding hydrogens is 270 g/mol. The van der Waals surface area contributed by atoms with Crippen LogP contribution in [0.3, 0.4) is 0 Å². The van der Waals surface area contributed by atoms with Gasteiger partial charge >= 0.3 is 0 Å². The molecule has 1 heterocycles. The number of aromatic nitrogens is 1. The molecule has 108 valence electrons. The average molecular weight is 286 g/mol. The molecule has 0 aliphatic heterocycles. The fourth-order valence-corrected chi connectivity index (χ4v) is 2.71. The van der Waals surface area contributed by atoms with E-state index in [0.29, 0.717) is 12.0 Å². The summed E-state index contributed by atoms with van der Waals surface area (Å²) in [5.41, 5.74) is 8.21. The summed E-state index contributed by atoms with van der Waals surface area (Å²) in [6, 6.07) is 11.4. The predicted molar refractivity (Wildman–Crippen MR) is 80.2 cm³/mol. The number of hydrogen-bond donors (Lipinski definition) is 2. The molecular formula is C17H16F2N2. The minimum atomic E-state index is -0.441. The molecule has 1 aromatic heterocycles. The van der Waals surface area contributed by atoms with E-state index in [-0.39, 0.29) is 12.5 Å². The van der Waals surface area contributed by atoms with Crippen LogP contribution in [0.5, 0.6) is 0 Å². The number of benzene rings is 2. The Morgan fingerprint density at radius 1 is 1.10 bits per heavy atom. The van der Waals surface area contributed by atoms with Gasteiger partial charge in [-0.3, -0.25) is 0 Å². The molecule has 3 aromatic rings. The lowest BCUT2D eigenvalue weighted by Crippen LogP contribution is -2.16. The quantitative estimate of drug-likeness (QED) is 0.754. The Balaban J connectivity index is 1.96. The van der Waals surface area contributed by atoms with Crippen molar-refractivity contribution < 1.29 is 8.78 Å². The summed E-state index contributed by atoms with van der Waals surface area (Å²) >= 11 is 0. The van der Waals surface area contributed by atoms with Crippen molar-refractivity contribution in [3.05, 3.63) is 71.4 Å². The second-order valence-electron chi connectivity index (χ2n) is 5.16. The molecule has 0 spiro atoms. The maximum Gasteiger partial charge on any atom is 0.126 e. The van der Waals surface area contributed by atoms with Crippen LogP contribution in [0.2, 0.25) is 0 Å². The summed E-state index contributed by atoms with van der Waals surface area (Å²) in [5.74, 6) is -1.10. The SMILES string of the molecule is NCC(Cc1c[nH]c2ccccc12)c1cc(F)ccc1F. The van der Waals surface area contributed by atoms with Crippen LogP contribution in [0.15, 0.2) is 48.7 Å². The number of rotatable bonds is 4. The average Bonchev–Trinajstić information content (AvgIpc) is 2.91. The number of aromatic amines is 1. The van der Waals surface area contributed by atoms with Gasteiger partial charge in [0.1, 0.15) is 11.6 Å². The first-order valence-corrected chi connectivity index (χ1v) is 6.89. The highest BCUT2D eigenvalue weighted by Gasteiger charge is 2.17. The van der Waals surface area contributed by atoms with Gasteiger partial charge in [0.2, 0.25) is 0 Å². The van der Waals surface area contributed by atoms with Gasteiger partial charge in [-0.2, -0.15) is 0 Å². The van der Waals surface area contributed by atoms with Crippen molar-refractivity contribution in [2.75, 3.05) is 6.54 Å². The summed E-state index contributed by atoms with van der Waals surface area (Å²) in [4.78, 5) is 3.19. The van der Waals surface area contributed by atoms with Crippen LogP contribution in [0.25, 0.3) is 10.9 Å². The van der Waals surface area contributed by atoms with Crippen LogP contribution >= 0.6 is 0 Å². The molecule has 0 saturated carbocycles. The molecule has 2 aromatic carbocycles. The fourth-order valence-electron chi connectivity index (χ4n) is 2.71. The Kier molecular flexibility index (Phi) is 3.71. The zero-order valence-corrected chi connectivity index (χ0v) is 11.4. The molecule has 0 aliphatic carbocycles. The van der Waals surface area contributed by atoms with Gasteiger partial charge in [0, 0.05) is 23.0 Å². The summed E-state index contributed by atoms with van der Waals surface area (Å²) < 4.78 is 27.3. The minimum absolute atomic E-state index is 0.250. The van der Waals surface area contributed by atoms with E-state index in [1.54, 1.807) is 0 Å². The van der Waals surface area contributed by atoms with Crippen molar-refractivity contribution in [2.45, 2.75) is 12.3 Å². The Morgan fingerprint density at radius 2 is 1.90 bits per heavy atom. The van der Waals surface area contributed by atoms with E-state index in [1.165, 1.54) is 6.07 Å². The van der Waals surface area contributed by atoms with Gasteiger partial charge in [-0.25, -0.2) is 8.78 Å². The Labute approximate surface area is 121 Å². The molecule has 21 heavy (non-hydrogen) atoms. The molecule has 0 aliphatic rings. The number of para-hydroxylation sites is 1. The lowest BCUT2D eigenvalue weighted by atomic mass is 9.91. The molecule has 0 amide bonds. The van der Waals surface area contributed by atoms with Gasteiger partial charge in [-0.15, -0.1) is 0 Å². The number of H-pyrrole nitrogens is 1. The molecule has 0 saturated heterocycles. The minimum Gasteiger partial charge on any atom is -0.361 e. The topological polar surface area (TPSA) is 41.8 Å². The van der Waals surface area contributed by atoms with Gasteiger partial charge < -0.3 is 10.7 Å². The largest absolute Gasteiger partial charge is 0.361 e. The van der Waals surface area contributed by atoms with E-state index in [0.717, 1.165) is 28.6 Å². The lowest BCUT2D eigenvalue weighted by Gasteiger charge is -2.16. The van der Waals surface area contributed by atoms with E-state index >= 15 is 0 Å². The van der Waals surface area contributed by atoms with Crippen molar-refractivity contribution in [1.29, 1.82) is 0 Å². The third kappa shape index (κ3) is 2.67. The smallest absolute Gasteiger partial charge is 0.126 e. The first kappa shape index (κ1) is 13.8. The third-order valence-corrected chi connectivity index (χ3v) is 3.82. The molecule has 1 atom stereocenters. The van der Waals surface area contributed by atoms with Crippen molar-refractivity contribution in [3.63, 3.8) is 0 Å². The van der Waals surface area contributed by atoms with Gasteiger partial charge in [0.05, 0.1) is 0 Å². The van der Waals surface area contributed by atoms with Crippen LogP contribution in [-0.2, 0) is 6.42 Å². The molecule has 2 nitrogen and oxygen atoms in total. The molecule has 4 heteroatoms. The Bertz CT molecular complexity index is 764. The molecule has 0 fully saturated rings. The molecule has 0 radical (unpaired) electrons. The predicted octanol–water partition coefficient (Wildman–Crippen LogP) is 3.73. The Hall–Kier alpha value is -2.20. The number of halogens is 2. The number of nitrogens with two attached hydrogens (primary N) is 1. The van der Waals surface area contributed by atoms with E-state index < -0.39 is 11.6 Å². The van der Waals surface area contributed by atoms with E-state index in [4.69, 9.17) is 5.73 Å². The summed E-state index contributed by atoms with van der Waals surface area (Å²) in [6.45, 7) is 0.264. The van der Waals surface area contributed by atoms with Crippen molar-refractivity contribution >= 4 is 10.9 Å². The van der Waals surface area contributed by atoms with Crippen molar-refractivity contribution in [1.82, 2.24) is 4.98 Å². The van der Waals surface area contributed by atoms with Crippen LogP contribution in [0.4, 0.5) is 8.78 Å². The zero-order chi connectivity index (χ0) is 14.8. The maximum absolute atomic E-state index is 13.9. The maximum atomic E-state index is 13.9. The normalized spacial score (nSPS) is 12.7. The highest BCUT2D eigenvalue weighted by molar-refractivity contribution is 5.83. The molecule has 0 bridgehead atoms. The van der Waals surface area contributed by atoms with Gasteiger partial charge in [0.15, 0.2) is 0 Å². The van der Waals surface area contributed by atoms with E-state index in [2.05, 4.69) is 4.98 Å². The first-order chi connectivity index (χ1) is 10.2. The molecule has 3 rings (SSSR count). The highest BCUT2D eigenvalue weighted by atomic mass is 19.1. The van der Waals surface area contributed by atoms with Gasteiger partial charge in [0.25, 0.3) is 0 Å². The second-order valence-corrected chi connectivity index (χ2v) is 5.16. The fraction of sp³-hybridized carbons (Fsp3) is 0.176. The Morgan fingerprint density at radius 3 is 2.71 bits per heavy atom. The number of nitrogens with one attached hydrogen (secondary N) is 1. The van der Waals surface area contributed by atoms with Crippen molar-refractivity contribution in [2.24, 2.45) is 5.73 Å². The van der Waals surface area contributed by atoms with Crippen LogP contribution < -0.4 is 5.73 Å². The monoisotopic (exact) mass is 286 g/mol. The van der Waals surface area contributed by atoms with Gasteiger partial charge in [-0.1, -0.05) is 18.2 Å². The van der Waals surface area contributed by atoms with E-state index in [9.17, 15) is 8.78 Å². The second kappa shape index (κ2) is 5.66. The zero-order valence-electron chi connectivity index (χ0n) is 11.4. The van der Waals surface area contributed by atoms with Crippen LogP contribution in [0.1, 0.15) is 17.0 Å².